The van der Waals surface area contributed by atoms with Gasteiger partial charge in [-0.05, 0) is 52.0 Å². The number of aryl methyl sites for hydroxylation is 2. The van der Waals surface area contributed by atoms with Gasteiger partial charge in [-0.3, -0.25) is 14.5 Å². The number of rotatable bonds is 4. The molecule has 7 heteroatoms. The fraction of sp³-hybridized carbons (Fsp3) is 0.737. The number of hydrogen-bond acceptors (Lipinski definition) is 5. The van der Waals surface area contributed by atoms with Gasteiger partial charge in [0.05, 0.1) is 18.2 Å². The van der Waals surface area contributed by atoms with Crippen LogP contribution in [0.25, 0.3) is 0 Å². The Morgan fingerprint density at radius 2 is 1.96 bits per heavy atom. The Morgan fingerprint density at radius 1 is 1.19 bits per heavy atom. The lowest BCUT2D eigenvalue weighted by atomic mass is 9.93. The van der Waals surface area contributed by atoms with E-state index in [0.29, 0.717) is 24.1 Å². The lowest BCUT2D eigenvalue weighted by Gasteiger charge is -2.37. The minimum absolute atomic E-state index is 0.0335. The number of likely N-dealkylation sites (tertiary alicyclic amines) is 2. The van der Waals surface area contributed by atoms with Crippen molar-refractivity contribution in [2.45, 2.75) is 46.5 Å². The fourth-order valence-corrected chi connectivity index (χ4v) is 4.77. The molecule has 3 heterocycles. The van der Waals surface area contributed by atoms with Crippen LogP contribution >= 0.6 is 11.3 Å². The molecule has 2 atom stereocenters. The second-order valence-electron chi connectivity index (χ2n) is 7.81. The van der Waals surface area contributed by atoms with Crippen molar-refractivity contribution >= 4 is 28.3 Å². The quantitative estimate of drug-likeness (QED) is 0.875. The number of hydrogen-bond donors (Lipinski definition) is 1. The first kappa shape index (κ1) is 19.3. The van der Waals surface area contributed by atoms with Crippen LogP contribution in [-0.4, -0.2) is 59.3 Å². The van der Waals surface area contributed by atoms with Crippen molar-refractivity contribution in [1.29, 1.82) is 0 Å². The van der Waals surface area contributed by atoms with Gasteiger partial charge >= 0.3 is 0 Å². The van der Waals surface area contributed by atoms with Crippen molar-refractivity contribution in [1.82, 2.24) is 14.8 Å². The molecule has 0 saturated carbocycles. The summed E-state index contributed by atoms with van der Waals surface area (Å²) in [6.45, 7) is 9.85. The Balaban J connectivity index is 1.51. The molecule has 1 N–H and O–H groups in total. The van der Waals surface area contributed by atoms with Gasteiger partial charge in [0, 0.05) is 24.5 Å². The van der Waals surface area contributed by atoms with Gasteiger partial charge in [-0.15, -0.1) is 11.3 Å². The van der Waals surface area contributed by atoms with Crippen molar-refractivity contribution in [3.63, 3.8) is 0 Å². The summed E-state index contributed by atoms with van der Waals surface area (Å²) in [5.74, 6) is 0.876. The molecule has 0 aromatic carbocycles. The van der Waals surface area contributed by atoms with Crippen molar-refractivity contribution in [3.8, 4) is 0 Å². The van der Waals surface area contributed by atoms with E-state index < -0.39 is 0 Å². The number of nitrogens with zero attached hydrogens (tertiary/aromatic N) is 3. The van der Waals surface area contributed by atoms with E-state index in [1.807, 2.05) is 18.7 Å². The van der Waals surface area contributed by atoms with Gasteiger partial charge in [-0.1, -0.05) is 6.92 Å². The zero-order chi connectivity index (χ0) is 18.7. The molecular weight excluding hydrogens is 348 g/mol. The number of amides is 2. The molecule has 1 aromatic rings. The van der Waals surface area contributed by atoms with Crippen LogP contribution in [0, 0.1) is 25.7 Å². The zero-order valence-electron chi connectivity index (χ0n) is 16.1. The molecule has 0 aliphatic carbocycles. The normalized spacial score (nSPS) is 24.5. The monoisotopic (exact) mass is 378 g/mol. The molecule has 2 aliphatic rings. The highest BCUT2D eigenvalue weighted by Gasteiger charge is 2.31. The lowest BCUT2D eigenvalue weighted by Crippen LogP contribution is -2.48. The molecule has 2 aliphatic heterocycles. The molecule has 2 fully saturated rings. The summed E-state index contributed by atoms with van der Waals surface area (Å²) in [5, 5.41) is 3.56. The Kier molecular flexibility index (Phi) is 6.29. The van der Waals surface area contributed by atoms with Crippen LogP contribution in [0.4, 0.5) is 5.13 Å². The SMILES string of the molecule is Cc1nc(NC(=O)CN2CCCC(C(=O)N3CCCC(C)C3)C2)sc1C. The fourth-order valence-electron chi connectivity index (χ4n) is 3.94. The van der Waals surface area contributed by atoms with Gasteiger partial charge < -0.3 is 10.2 Å². The number of carbonyl (C=O) groups excluding carboxylic acids is 2. The Hall–Kier alpha value is -1.47. The highest BCUT2D eigenvalue weighted by atomic mass is 32.1. The number of nitrogens with one attached hydrogen (secondary N) is 1. The Bertz CT molecular complexity index is 640. The van der Waals surface area contributed by atoms with Crippen molar-refractivity contribution in [2.24, 2.45) is 11.8 Å². The summed E-state index contributed by atoms with van der Waals surface area (Å²) >= 11 is 1.51. The van der Waals surface area contributed by atoms with Gasteiger partial charge in [0.2, 0.25) is 11.8 Å². The number of piperidine rings is 2. The molecule has 2 amide bonds. The van der Waals surface area contributed by atoms with E-state index in [1.165, 1.54) is 17.8 Å². The number of thiazole rings is 1. The van der Waals surface area contributed by atoms with Crippen LogP contribution in [0.5, 0.6) is 0 Å². The average molecular weight is 379 g/mol. The highest BCUT2D eigenvalue weighted by molar-refractivity contribution is 7.15. The number of anilines is 1. The second-order valence-corrected chi connectivity index (χ2v) is 9.02. The third-order valence-corrected chi connectivity index (χ3v) is 6.45. The molecule has 0 radical (unpaired) electrons. The largest absolute Gasteiger partial charge is 0.342 e. The molecule has 0 spiro atoms. The molecule has 2 unspecified atom stereocenters. The number of carbonyl (C=O) groups is 2. The van der Waals surface area contributed by atoms with E-state index in [1.54, 1.807) is 0 Å². The van der Waals surface area contributed by atoms with E-state index >= 15 is 0 Å². The van der Waals surface area contributed by atoms with Gasteiger partial charge in [0.1, 0.15) is 0 Å². The summed E-state index contributed by atoms with van der Waals surface area (Å²) in [6.07, 6.45) is 4.24. The van der Waals surface area contributed by atoms with E-state index in [0.717, 1.165) is 49.5 Å². The van der Waals surface area contributed by atoms with Gasteiger partial charge in [0.15, 0.2) is 5.13 Å². The standard InChI is InChI=1S/C19H30N4O2S/c1-13-6-4-9-23(10-13)18(25)16-7-5-8-22(11-16)12-17(24)21-19-20-14(2)15(3)26-19/h13,16H,4-12H2,1-3H3,(H,20,21,24). The second kappa shape index (κ2) is 8.48. The van der Waals surface area contributed by atoms with Crippen LogP contribution in [-0.2, 0) is 9.59 Å². The van der Waals surface area contributed by atoms with Crippen LogP contribution in [0.3, 0.4) is 0 Å². The molecule has 6 nitrogen and oxygen atoms in total. The van der Waals surface area contributed by atoms with Crippen LogP contribution in [0.15, 0.2) is 0 Å². The predicted molar refractivity (Wildman–Crippen MR) is 104 cm³/mol. The molecule has 3 rings (SSSR count). The summed E-state index contributed by atoms with van der Waals surface area (Å²) in [5.41, 5.74) is 0.963. The third kappa shape index (κ3) is 4.82. The summed E-state index contributed by atoms with van der Waals surface area (Å²) in [6, 6.07) is 0. The minimum Gasteiger partial charge on any atom is -0.342 e. The summed E-state index contributed by atoms with van der Waals surface area (Å²) < 4.78 is 0. The van der Waals surface area contributed by atoms with Crippen LogP contribution in [0.1, 0.15) is 43.2 Å². The van der Waals surface area contributed by atoms with Gasteiger partial charge in [0.25, 0.3) is 0 Å². The first-order valence-electron chi connectivity index (χ1n) is 9.67. The maximum Gasteiger partial charge on any atom is 0.240 e. The Labute approximate surface area is 160 Å². The molecule has 1 aromatic heterocycles. The molecular formula is C19H30N4O2S. The topological polar surface area (TPSA) is 65.5 Å². The van der Waals surface area contributed by atoms with Crippen molar-refractivity contribution in [3.05, 3.63) is 10.6 Å². The lowest BCUT2D eigenvalue weighted by molar-refractivity contribution is -0.139. The number of aromatic nitrogens is 1. The average Bonchev–Trinajstić information content (AvgIpc) is 2.91. The predicted octanol–water partition coefficient (Wildman–Crippen LogP) is 2.67. The third-order valence-electron chi connectivity index (χ3n) is 5.47. The van der Waals surface area contributed by atoms with Gasteiger partial charge in [-0.2, -0.15) is 0 Å². The van der Waals surface area contributed by atoms with E-state index in [2.05, 4.69) is 22.1 Å². The van der Waals surface area contributed by atoms with Crippen molar-refractivity contribution in [2.75, 3.05) is 38.0 Å². The van der Waals surface area contributed by atoms with Crippen LogP contribution in [0.2, 0.25) is 0 Å². The molecule has 26 heavy (non-hydrogen) atoms. The van der Waals surface area contributed by atoms with Crippen molar-refractivity contribution < 1.29 is 9.59 Å². The van der Waals surface area contributed by atoms with E-state index in [4.69, 9.17) is 0 Å². The summed E-state index contributed by atoms with van der Waals surface area (Å²) in [7, 11) is 0. The van der Waals surface area contributed by atoms with E-state index in [9.17, 15) is 9.59 Å². The maximum absolute atomic E-state index is 12.9. The molecule has 144 valence electrons. The van der Waals surface area contributed by atoms with Crippen LogP contribution < -0.4 is 5.32 Å². The van der Waals surface area contributed by atoms with E-state index in [-0.39, 0.29) is 17.7 Å². The first-order valence-corrected chi connectivity index (χ1v) is 10.5. The van der Waals surface area contributed by atoms with Gasteiger partial charge in [-0.25, -0.2) is 4.98 Å². The Morgan fingerprint density at radius 3 is 2.65 bits per heavy atom. The first-order chi connectivity index (χ1) is 12.4. The summed E-state index contributed by atoms with van der Waals surface area (Å²) in [4.78, 5) is 34.8. The maximum atomic E-state index is 12.9. The zero-order valence-corrected chi connectivity index (χ0v) is 16.9. The minimum atomic E-state index is -0.0431. The smallest absolute Gasteiger partial charge is 0.240 e. The molecule has 2 saturated heterocycles. The highest BCUT2D eigenvalue weighted by Crippen LogP contribution is 2.24. The molecule has 0 bridgehead atoms.